The first-order valence-corrected chi connectivity index (χ1v) is 9.11. The topological polar surface area (TPSA) is 57.2 Å². The molecule has 0 aromatic rings. The predicted molar refractivity (Wildman–Crippen MR) is 88.5 cm³/mol. The van der Waals surface area contributed by atoms with Gasteiger partial charge in [0.15, 0.2) is 6.10 Å². The van der Waals surface area contributed by atoms with Crippen molar-refractivity contribution in [1.82, 2.24) is 4.90 Å². The van der Waals surface area contributed by atoms with Crippen LogP contribution >= 0.6 is 0 Å². The zero-order valence-corrected chi connectivity index (χ0v) is 15.4. The van der Waals surface area contributed by atoms with Gasteiger partial charge in [0.1, 0.15) is 19.6 Å². The van der Waals surface area contributed by atoms with Crippen molar-refractivity contribution in [2.75, 3.05) is 20.6 Å². The van der Waals surface area contributed by atoms with Crippen LogP contribution < -0.4 is 0 Å². The number of ether oxygens (including phenoxy) is 4. The van der Waals surface area contributed by atoms with E-state index in [9.17, 15) is 4.79 Å². The van der Waals surface area contributed by atoms with Crippen molar-refractivity contribution in [2.45, 2.75) is 82.6 Å². The van der Waals surface area contributed by atoms with Crippen molar-refractivity contribution in [2.24, 2.45) is 5.92 Å². The minimum atomic E-state index is -0.470. The molecule has 0 N–H and O–H groups in total. The Bertz CT molecular complexity index is 462. The van der Waals surface area contributed by atoms with Gasteiger partial charge in [-0.3, -0.25) is 4.90 Å². The minimum Gasteiger partial charge on any atom is -0.441 e. The average molecular weight is 341 g/mol. The van der Waals surface area contributed by atoms with E-state index in [4.69, 9.17) is 18.9 Å². The highest BCUT2D eigenvalue weighted by Gasteiger charge is 2.60. The van der Waals surface area contributed by atoms with Gasteiger partial charge in [0.25, 0.3) is 0 Å². The number of hydrogen-bond acceptors (Lipinski definition) is 5. The number of methoxy groups -OCH3 is 1. The highest BCUT2D eigenvalue weighted by atomic mass is 16.7. The highest BCUT2D eigenvalue weighted by molar-refractivity contribution is 5.72. The van der Waals surface area contributed by atoms with E-state index < -0.39 is 11.1 Å². The molecular formula is C18H31NO5. The van der Waals surface area contributed by atoms with Crippen molar-refractivity contribution in [3.63, 3.8) is 0 Å². The lowest BCUT2D eigenvalue weighted by molar-refractivity contribution is -0.0608. The van der Waals surface area contributed by atoms with Crippen LogP contribution in [0.5, 0.6) is 0 Å². The third-order valence-corrected chi connectivity index (χ3v) is 6.00. The fourth-order valence-electron chi connectivity index (χ4n) is 4.57. The van der Waals surface area contributed by atoms with E-state index in [1.807, 2.05) is 13.8 Å². The zero-order chi connectivity index (χ0) is 17.4. The summed E-state index contributed by atoms with van der Waals surface area (Å²) in [5, 5.41) is 0. The highest BCUT2D eigenvalue weighted by Crippen LogP contribution is 2.44. The molecule has 6 heteroatoms. The molecule has 2 heterocycles. The summed E-state index contributed by atoms with van der Waals surface area (Å²) in [7, 11) is 1.61. The van der Waals surface area contributed by atoms with Crippen molar-refractivity contribution in [3.8, 4) is 0 Å². The largest absolute Gasteiger partial charge is 0.441 e. The smallest absolute Gasteiger partial charge is 0.412 e. The Balaban J connectivity index is 1.86. The molecule has 0 spiro atoms. The van der Waals surface area contributed by atoms with Crippen LogP contribution in [-0.4, -0.2) is 55.0 Å². The minimum absolute atomic E-state index is 0.243. The first-order chi connectivity index (χ1) is 11.4. The van der Waals surface area contributed by atoms with Crippen LogP contribution in [0.2, 0.25) is 0 Å². The molecule has 1 aliphatic carbocycles. The number of cyclic esters (lactones) is 1. The second-order valence-corrected chi connectivity index (χ2v) is 8.17. The Morgan fingerprint density at radius 2 is 1.88 bits per heavy atom. The van der Waals surface area contributed by atoms with Gasteiger partial charge in [-0.1, -0.05) is 32.1 Å². The van der Waals surface area contributed by atoms with Gasteiger partial charge in [-0.05, 0) is 33.1 Å². The summed E-state index contributed by atoms with van der Waals surface area (Å²) < 4.78 is 22.7. The van der Waals surface area contributed by atoms with Gasteiger partial charge in [0.05, 0.1) is 11.1 Å². The fraction of sp³-hybridized carbons (Fsp3) is 0.944. The fourth-order valence-corrected chi connectivity index (χ4v) is 4.57. The molecule has 0 radical (unpaired) electrons. The van der Waals surface area contributed by atoms with E-state index in [1.54, 1.807) is 12.0 Å². The Hall–Kier alpha value is -0.850. The third kappa shape index (κ3) is 3.16. The SMILES string of the molecule is COCN1C(=O)O[C@H](C2OCOC2(C)C)[C@@]1(C)CC1CCCCC1. The first kappa shape index (κ1) is 18.0. The van der Waals surface area contributed by atoms with Crippen LogP contribution in [0.25, 0.3) is 0 Å². The van der Waals surface area contributed by atoms with Crippen LogP contribution in [-0.2, 0) is 18.9 Å². The lowest BCUT2D eigenvalue weighted by atomic mass is 9.74. The Kier molecular flexibility index (Phi) is 5.09. The number of hydrogen-bond donors (Lipinski definition) is 0. The third-order valence-electron chi connectivity index (χ3n) is 6.00. The maximum Gasteiger partial charge on any atom is 0.412 e. The molecule has 3 fully saturated rings. The van der Waals surface area contributed by atoms with Crippen molar-refractivity contribution >= 4 is 6.09 Å². The Labute approximate surface area is 144 Å². The van der Waals surface area contributed by atoms with Crippen LogP contribution in [0.15, 0.2) is 0 Å². The molecule has 24 heavy (non-hydrogen) atoms. The molecule has 2 aliphatic heterocycles. The Morgan fingerprint density at radius 3 is 2.46 bits per heavy atom. The second-order valence-electron chi connectivity index (χ2n) is 8.17. The molecular weight excluding hydrogens is 310 g/mol. The molecule has 0 bridgehead atoms. The number of carbonyl (C=O) groups is 1. The van der Waals surface area contributed by atoms with Gasteiger partial charge in [0.2, 0.25) is 0 Å². The van der Waals surface area contributed by atoms with E-state index >= 15 is 0 Å². The second kappa shape index (κ2) is 6.81. The lowest BCUT2D eigenvalue weighted by Gasteiger charge is -2.42. The quantitative estimate of drug-likeness (QED) is 0.768. The summed E-state index contributed by atoms with van der Waals surface area (Å²) in [6.45, 7) is 6.60. The van der Waals surface area contributed by atoms with Crippen molar-refractivity contribution in [3.05, 3.63) is 0 Å². The molecule has 0 aromatic heterocycles. The van der Waals surface area contributed by atoms with Crippen LogP contribution in [0, 0.1) is 5.92 Å². The van der Waals surface area contributed by atoms with Crippen LogP contribution in [0.1, 0.15) is 59.3 Å². The summed E-state index contributed by atoms with van der Waals surface area (Å²) >= 11 is 0. The number of carbonyl (C=O) groups excluding carboxylic acids is 1. The zero-order valence-electron chi connectivity index (χ0n) is 15.4. The molecule has 0 aromatic carbocycles. The molecule has 6 nitrogen and oxygen atoms in total. The van der Waals surface area contributed by atoms with E-state index in [2.05, 4.69) is 6.92 Å². The molecule has 3 rings (SSSR count). The molecule has 3 aliphatic rings. The van der Waals surface area contributed by atoms with Crippen LogP contribution in [0.4, 0.5) is 4.79 Å². The molecule has 3 atom stereocenters. The summed E-state index contributed by atoms with van der Waals surface area (Å²) in [6.07, 6.45) is 6.31. The number of nitrogens with zero attached hydrogens (tertiary/aromatic N) is 1. The first-order valence-electron chi connectivity index (χ1n) is 9.11. The summed E-state index contributed by atoms with van der Waals surface area (Å²) in [4.78, 5) is 14.3. The van der Waals surface area contributed by atoms with Gasteiger partial charge < -0.3 is 18.9 Å². The van der Waals surface area contributed by atoms with E-state index in [-0.39, 0.29) is 31.8 Å². The van der Waals surface area contributed by atoms with Gasteiger partial charge in [-0.25, -0.2) is 4.79 Å². The maximum atomic E-state index is 12.5. The summed E-state index contributed by atoms with van der Waals surface area (Å²) in [5.41, 5.74) is -0.910. The normalized spacial score (nSPS) is 37.0. The van der Waals surface area contributed by atoms with Gasteiger partial charge in [0, 0.05) is 7.11 Å². The molecule has 1 unspecified atom stereocenters. The van der Waals surface area contributed by atoms with Gasteiger partial charge in [-0.15, -0.1) is 0 Å². The molecule has 1 saturated carbocycles. The number of amides is 1. The maximum absolute atomic E-state index is 12.5. The molecule has 1 amide bonds. The standard InChI is InChI=1S/C18H31NO5/c1-17(2)14(22-12-23-17)15-18(3,10-13-8-6-5-7-9-13)19(11-21-4)16(20)24-15/h13-15H,5-12H2,1-4H3/t14?,15-,18-/m1/s1. The van der Waals surface area contributed by atoms with E-state index in [0.29, 0.717) is 5.92 Å². The average Bonchev–Trinajstić information content (AvgIpc) is 2.99. The lowest BCUT2D eigenvalue weighted by Crippen LogP contribution is -2.57. The van der Waals surface area contributed by atoms with Crippen molar-refractivity contribution < 1.29 is 23.7 Å². The van der Waals surface area contributed by atoms with Gasteiger partial charge in [-0.2, -0.15) is 0 Å². The van der Waals surface area contributed by atoms with E-state index in [0.717, 1.165) is 6.42 Å². The van der Waals surface area contributed by atoms with Crippen molar-refractivity contribution in [1.29, 1.82) is 0 Å². The van der Waals surface area contributed by atoms with Gasteiger partial charge >= 0.3 is 6.09 Å². The molecule has 138 valence electrons. The summed E-state index contributed by atoms with van der Waals surface area (Å²) in [5.74, 6) is 0.616. The predicted octanol–water partition coefficient (Wildman–Crippen LogP) is 3.29. The molecule has 2 saturated heterocycles. The summed E-state index contributed by atoms with van der Waals surface area (Å²) in [6, 6.07) is 0. The Morgan fingerprint density at radius 1 is 1.17 bits per heavy atom. The van der Waals surface area contributed by atoms with Crippen LogP contribution in [0.3, 0.4) is 0 Å². The monoisotopic (exact) mass is 341 g/mol. The number of rotatable bonds is 5. The van der Waals surface area contributed by atoms with E-state index in [1.165, 1.54) is 32.1 Å².